The van der Waals surface area contributed by atoms with Gasteiger partial charge in [0.05, 0.1) is 0 Å². The quantitative estimate of drug-likeness (QED) is 0.333. The van der Waals surface area contributed by atoms with E-state index in [2.05, 4.69) is 5.04 Å². The fourth-order valence-electron chi connectivity index (χ4n) is 0.682. The maximum Gasteiger partial charge on any atom is 0.150 e. The zero-order chi connectivity index (χ0) is 10.1. The molecule has 0 atom stereocenters. The maximum atomic E-state index is 10.2. The molecule has 1 aromatic carbocycles. The predicted molar refractivity (Wildman–Crippen MR) is 50.0 cm³/mol. The average Bonchev–Trinajstić information content (AvgIpc) is 2.19. The largest absolute Gasteiger partial charge is 0.298 e. The fraction of sp³-hybridized carbons (Fsp3) is 0.125. The summed E-state index contributed by atoms with van der Waals surface area (Å²) in [6.45, 7) is 0. The van der Waals surface area contributed by atoms with E-state index in [1.54, 1.807) is 11.8 Å². The molecule has 13 heavy (non-hydrogen) atoms. The minimum absolute atomic E-state index is 0.734. The second kappa shape index (κ2) is 7.75. The van der Waals surface area contributed by atoms with E-state index < -0.39 is 0 Å². The van der Waals surface area contributed by atoms with Gasteiger partial charge < -0.3 is 0 Å². The van der Waals surface area contributed by atoms with Crippen molar-refractivity contribution in [2.24, 2.45) is 0 Å². The Morgan fingerprint density at radius 3 is 2.08 bits per heavy atom. The Morgan fingerprint density at radius 2 is 1.77 bits per heavy atom. The number of hydrogen-bond donors (Lipinski definition) is 2. The molecule has 0 spiro atoms. The van der Waals surface area contributed by atoms with Crippen molar-refractivity contribution < 1.29 is 20.3 Å². The van der Waals surface area contributed by atoms with Gasteiger partial charge in [-0.1, -0.05) is 17.2 Å². The van der Waals surface area contributed by atoms with E-state index in [1.807, 2.05) is 30.5 Å². The molecular formula is C8H10O4S. The molecule has 4 nitrogen and oxygen atoms in total. The van der Waals surface area contributed by atoms with Crippen LogP contribution in [0.4, 0.5) is 0 Å². The molecule has 0 fully saturated rings. The summed E-state index contributed by atoms with van der Waals surface area (Å²) in [6, 6.07) is 7.51. The number of aldehydes is 1. The summed E-state index contributed by atoms with van der Waals surface area (Å²) in [7, 11) is 0. The maximum absolute atomic E-state index is 10.2. The average molecular weight is 202 g/mol. The van der Waals surface area contributed by atoms with Crippen molar-refractivity contribution in [3.63, 3.8) is 0 Å². The Hall–Kier alpha value is -0.880. The monoisotopic (exact) mass is 202 g/mol. The van der Waals surface area contributed by atoms with Gasteiger partial charge in [0.1, 0.15) is 6.29 Å². The van der Waals surface area contributed by atoms with E-state index in [4.69, 9.17) is 10.5 Å². The molecule has 0 aliphatic carbocycles. The highest BCUT2D eigenvalue weighted by atomic mass is 32.2. The summed E-state index contributed by atoms with van der Waals surface area (Å²) < 4.78 is 0. The van der Waals surface area contributed by atoms with Crippen LogP contribution in [0.15, 0.2) is 29.2 Å². The van der Waals surface area contributed by atoms with E-state index >= 15 is 0 Å². The normalized spacial score (nSPS) is 8.54. The molecule has 0 radical (unpaired) electrons. The van der Waals surface area contributed by atoms with E-state index in [1.165, 1.54) is 4.90 Å². The third-order valence-corrected chi connectivity index (χ3v) is 2.00. The van der Waals surface area contributed by atoms with Crippen molar-refractivity contribution in [1.82, 2.24) is 0 Å². The summed E-state index contributed by atoms with van der Waals surface area (Å²) in [5.41, 5.74) is 0.734. The number of hydrogen-bond acceptors (Lipinski definition) is 5. The molecule has 1 rings (SSSR count). The first-order valence-electron chi connectivity index (χ1n) is 3.32. The molecule has 0 aliphatic rings. The van der Waals surface area contributed by atoms with Crippen LogP contribution in [0.3, 0.4) is 0 Å². The highest BCUT2D eigenvalue weighted by Gasteiger charge is 1.89. The molecule has 0 saturated heterocycles. The molecule has 0 unspecified atom stereocenters. The zero-order valence-corrected chi connectivity index (χ0v) is 7.82. The van der Waals surface area contributed by atoms with Gasteiger partial charge in [0.25, 0.3) is 0 Å². The highest BCUT2D eigenvalue weighted by Crippen LogP contribution is 2.13. The van der Waals surface area contributed by atoms with Crippen molar-refractivity contribution in [3.8, 4) is 0 Å². The van der Waals surface area contributed by atoms with Crippen LogP contribution in [-0.4, -0.2) is 23.1 Å². The highest BCUT2D eigenvalue weighted by molar-refractivity contribution is 7.98. The SMILES string of the molecule is CSc1ccc(C=O)cc1.OOO. The fourth-order valence-corrected chi connectivity index (χ4v) is 1.09. The summed E-state index contributed by atoms with van der Waals surface area (Å²) in [4.78, 5) is 11.4. The number of carbonyl (C=O) groups is 1. The van der Waals surface area contributed by atoms with Gasteiger partial charge in [0.15, 0.2) is 0 Å². The summed E-state index contributed by atoms with van der Waals surface area (Å²) in [6.07, 6.45) is 2.86. The number of benzene rings is 1. The van der Waals surface area contributed by atoms with E-state index in [9.17, 15) is 4.79 Å². The van der Waals surface area contributed by atoms with Crippen LogP contribution >= 0.6 is 11.8 Å². The van der Waals surface area contributed by atoms with E-state index in [-0.39, 0.29) is 0 Å². The smallest absolute Gasteiger partial charge is 0.150 e. The molecule has 5 heteroatoms. The van der Waals surface area contributed by atoms with Crippen LogP contribution in [0.25, 0.3) is 0 Å². The Balaban J connectivity index is 0.000000424. The van der Waals surface area contributed by atoms with Crippen molar-refractivity contribution in [3.05, 3.63) is 29.8 Å². The summed E-state index contributed by atoms with van der Waals surface area (Å²) >= 11 is 1.67. The van der Waals surface area contributed by atoms with Crippen LogP contribution in [-0.2, 0) is 5.04 Å². The van der Waals surface area contributed by atoms with E-state index in [0.717, 1.165) is 11.8 Å². The molecule has 0 bridgehead atoms. The van der Waals surface area contributed by atoms with Crippen molar-refractivity contribution >= 4 is 18.0 Å². The van der Waals surface area contributed by atoms with Crippen molar-refractivity contribution in [2.75, 3.05) is 6.26 Å². The third kappa shape index (κ3) is 5.37. The first-order chi connectivity index (χ1) is 6.28. The number of rotatable bonds is 2. The third-order valence-electron chi connectivity index (χ3n) is 1.25. The first kappa shape index (κ1) is 12.1. The number of thioether (sulfide) groups is 1. The van der Waals surface area contributed by atoms with Gasteiger partial charge in [-0.05, 0) is 18.4 Å². The molecule has 1 aromatic rings. The number of carbonyl (C=O) groups excluding carboxylic acids is 1. The van der Waals surface area contributed by atoms with Gasteiger partial charge in [0.2, 0.25) is 0 Å². The lowest BCUT2D eigenvalue weighted by Gasteiger charge is -1.93. The second-order valence-corrected chi connectivity index (χ2v) is 2.85. The molecule has 72 valence electrons. The molecular weight excluding hydrogens is 192 g/mol. The molecule has 0 aromatic heterocycles. The Bertz CT molecular complexity index is 234. The predicted octanol–water partition coefficient (Wildman–Crippen LogP) is 2.17. The standard InChI is InChI=1S/C8H8OS.H2O3/c1-10-8-4-2-7(6-9)3-5-8;1-3-2/h2-6H,1H3;1-2H. The topological polar surface area (TPSA) is 66.8 Å². The van der Waals surface area contributed by atoms with Crippen LogP contribution < -0.4 is 0 Å². The lowest BCUT2D eigenvalue weighted by Crippen LogP contribution is -1.76. The van der Waals surface area contributed by atoms with Crippen molar-refractivity contribution in [2.45, 2.75) is 4.90 Å². The summed E-state index contributed by atoms with van der Waals surface area (Å²) in [5, 5.41) is 15.5. The van der Waals surface area contributed by atoms with Gasteiger partial charge in [-0.15, -0.1) is 11.8 Å². The van der Waals surface area contributed by atoms with Crippen LogP contribution in [0.2, 0.25) is 0 Å². The van der Waals surface area contributed by atoms with Gasteiger partial charge in [-0.2, -0.15) is 0 Å². The molecule has 0 saturated carbocycles. The Kier molecular flexibility index (Phi) is 7.23. The van der Waals surface area contributed by atoms with Gasteiger partial charge in [0, 0.05) is 10.5 Å². The molecule has 0 amide bonds. The minimum Gasteiger partial charge on any atom is -0.298 e. The van der Waals surface area contributed by atoms with Gasteiger partial charge >= 0.3 is 0 Å². The lowest BCUT2D eigenvalue weighted by atomic mass is 10.2. The Labute approximate surface area is 80.0 Å². The van der Waals surface area contributed by atoms with Gasteiger partial charge in [-0.25, -0.2) is 10.5 Å². The zero-order valence-electron chi connectivity index (χ0n) is 7.01. The van der Waals surface area contributed by atoms with Crippen molar-refractivity contribution in [1.29, 1.82) is 0 Å². The van der Waals surface area contributed by atoms with Crippen LogP contribution in [0, 0.1) is 0 Å². The van der Waals surface area contributed by atoms with Crippen LogP contribution in [0.5, 0.6) is 0 Å². The second-order valence-electron chi connectivity index (χ2n) is 1.97. The summed E-state index contributed by atoms with van der Waals surface area (Å²) in [5.74, 6) is 0. The molecule has 2 N–H and O–H groups in total. The van der Waals surface area contributed by atoms with E-state index in [0.29, 0.717) is 0 Å². The lowest BCUT2D eigenvalue weighted by molar-refractivity contribution is -0.465. The Morgan fingerprint density at radius 1 is 1.31 bits per heavy atom. The van der Waals surface area contributed by atoms with Gasteiger partial charge in [-0.3, -0.25) is 4.79 Å². The molecule has 0 aliphatic heterocycles. The van der Waals surface area contributed by atoms with Crippen LogP contribution in [0.1, 0.15) is 10.4 Å². The first-order valence-corrected chi connectivity index (χ1v) is 4.55. The molecule has 0 heterocycles. The minimum atomic E-state index is 0.734.